The number of furan rings is 1. The second-order valence-corrected chi connectivity index (χ2v) is 4.69. The lowest BCUT2D eigenvalue weighted by atomic mass is 10.2. The van der Waals surface area contributed by atoms with Gasteiger partial charge in [-0.3, -0.25) is 9.69 Å². The molecule has 0 unspecified atom stereocenters. The van der Waals surface area contributed by atoms with Crippen LogP contribution in [0.3, 0.4) is 0 Å². The first kappa shape index (κ1) is 15.0. The first-order chi connectivity index (χ1) is 10.1. The van der Waals surface area contributed by atoms with E-state index in [-0.39, 0.29) is 5.91 Å². The van der Waals surface area contributed by atoms with Crippen LogP contribution in [0.5, 0.6) is 0 Å². The summed E-state index contributed by atoms with van der Waals surface area (Å²) < 4.78 is 5.69. The predicted octanol–water partition coefficient (Wildman–Crippen LogP) is 3.11. The highest BCUT2D eigenvalue weighted by atomic mass is 32.1. The van der Waals surface area contributed by atoms with Crippen molar-refractivity contribution in [3.05, 3.63) is 60.7 Å². The Bertz CT molecular complexity index is 668. The van der Waals surface area contributed by atoms with E-state index in [1.165, 1.54) is 4.90 Å². The number of rotatable bonds is 5. The number of carbonyl (C=O) groups excluding carboxylic acids is 1. The summed E-state index contributed by atoms with van der Waals surface area (Å²) in [7, 11) is 0. The third-order valence-electron chi connectivity index (χ3n) is 2.99. The maximum absolute atomic E-state index is 12.1. The normalized spacial score (nSPS) is 17.3. The fourth-order valence-corrected chi connectivity index (χ4v) is 2.29. The van der Waals surface area contributed by atoms with Gasteiger partial charge in [0, 0.05) is 18.2 Å². The van der Waals surface area contributed by atoms with Crippen LogP contribution < -0.4 is 5.32 Å². The molecule has 1 aromatic rings. The Hall–Kier alpha value is -2.40. The van der Waals surface area contributed by atoms with Crippen LogP contribution in [-0.4, -0.2) is 22.5 Å². The summed E-state index contributed by atoms with van der Waals surface area (Å²) in [6, 6.07) is 3.61. The monoisotopic (exact) mass is 300 g/mol. The lowest BCUT2D eigenvalue weighted by Gasteiger charge is -2.08. The third-order valence-corrected chi connectivity index (χ3v) is 3.32. The van der Waals surface area contributed by atoms with Crippen molar-refractivity contribution in [2.75, 3.05) is 6.54 Å². The Morgan fingerprint density at radius 3 is 2.81 bits per heavy atom. The van der Waals surface area contributed by atoms with Crippen molar-refractivity contribution >= 4 is 34.9 Å². The van der Waals surface area contributed by atoms with Gasteiger partial charge in [0.25, 0.3) is 5.91 Å². The number of likely N-dealkylation sites (N-methyl/N-ethyl adjacent to an activating group) is 1. The van der Waals surface area contributed by atoms with Crippen molar-refractivity contribution < 1.29 is 9.21 Å². The minimum Gasteiger partial charge on any atom is -0.457 e. The zero-order valence-electron chi connectivity index (χ0n) is 11.8. The first-order valence-corrected chi connectivity index (χ1v) is 6.91. The molecule has 0 saturated carbocycles. The molecule has 0 aliphatic carbocycles. The Morgan fingerprint density at radius 1 is 1.48 bits per heavy atom. The quantitative estimate of drug-likeness (QED) is 0.515. The van der Waals surface area contributed by atoms with E-state index in [9.17, 15) is 4.79 Å². The summed E-state index contributed by atoms with van der Waals surface area (Å²) in [6.45, 7) is 9.78. The number of allylic oxidation sites excluding steroid dienone is 4. The molecule has 1 amide bonds. The maximum Gasteiger partial charge on any atom is 0.276 e. The number of amides is 1. The van der Waals surface area contributed by atoms with Crippen LogP contribution in [0, 0.1) is 0 Å². The number of hydrogen-bond acceptors (Lipinski definition) is 3. The fourth-order valence-electron chi connectivity index (χ4n) is 1.96. The molecule has 0 aromatic carbocycles. The van der Waals surface area contributed by atoms with Crippen molar-refractivity contribution in [2.45, 2.75) is 6.92 Å². The Labute approximate surface area is 129 Å². The summed E-state index contributed by atoms with van der Waals surface area (Å²) in [4.78, 5) is 13.6. The Balaban J connectivity index is 2.27. The van der Waals surface area contributed by atoms with Gasteiger partial charge in [-0.2, -0.15) is 0 Å². The van der Waals surface area contributed by atoms with Crippen LogP contribution in [-0.2, 0) is 4.79 Å². The molecule has 2 rings (SSSR count). The Kier molecular flexibility index (Phi) is 4.55. The second kappa shape index (κ2) is 6.37. The first-order valence-electron chi connectivity index (χ1n) is 6.50. The molecule has 0 radical (unpaired) electrons. The molecule has 1 aromatic heterocycles. The van der Waals surface area contributed by atoms with E-state index in [0.717, 1.165) is 5.57 Å². The van der Waals surface area contributed by atoms with Crippen LogP contribution in [0.2, 0.25) is 0 Å². The summed E-state index contributed by atoms with van der Waals surface area (Å²) in [5.41, 5.74) is 1.24. The summed E-state index contributed by atoms with van der Waals surface area (Å²) >= 11 is 5.10. The average Bonchev–Trinajstić information content (AvgIpc) is 3.02. The average molecular weight is 300 g/mol. The predicted molar refractivity (Wildman–Crippen MR) is 88.2 cm³/mol. The standard InChI is InChI=1S/C16H16N2O2S/c1-4-7-11(5-2)14-9-8-12(20-14)10-13-15(19)18(6-3)16(21)17-13/h4-5,7-10H,1-2,6H2,3H3,(H,17,21)/b11-7+,13-10-. The van der Waals surface area contributed by atoms with Crippen LogP contribution in [0.25, 0.3) is 11.6 Å². The minimum atomic E-state index is -0.147. The van der Waals surface area contributed by atoms with Crippen molar-refractivity contribution in [2.24, 2.45) is 0 Å². The molecular weight excluding hydrogens is 284 g/mol. The van der Waals surface area contributed by atoms with Crippen LogP contribution in [0.15, 0.2) is 53.6 Å². The van der Waals surface area contributed by atoms with Gasteiger partial charge in [0.2, 0.25) is 0 Å². The van der Waals surface area contributed by atoms with Gasteiger partial charge in [-0.25, -0.2) is 0 Å². The molecule has 1 N–H and O–H groups in total. The highest BCUT2D eigenvalue weighted by Gasteiger charge is 2.29. The zero-order valence-corrected chi connectivity index (χ0v) is 12.6. The third kappa shape index (κ3) is 3.03. The topological polar surface area (TPSA) is 45.5 Å². The summed E-state index contributed by atoms with van der Waals surface area (Å²) in [5.74, 6) is 1.08. The molecule has 4 nitrogen and oxygen atoms in total. The molecule has 1 saturated heterocycles. The molecule has 0 atom stereocenters. The van der Waals surface area contributed by atoms with Crippen molar-refractivity contribution in [1.82, 2.24) is 10.2 Å². The summed E-state index contributed by atoms with van der Waals surface area (Å²) in [5, 5.41) is 3.30. The molecular formula is C16H16N2O2S. The maximum atomic E-state index is 12.1. The number of nitrogens with one attached hydrogen (secondary N) is 1. The van der Waals surface area contributed by atoms with Crippen LogP contribution in [0.4, 0.5) is 0 Å². The molecule has 1 aliphatic rings. The Morgan fingerprint density at radius 2 is 2.24 bits per heavy atom. The van der Waals surface area contributed by atoms with E-state index >= 15 is 0 Å². The summed E-state index contributed by atoms with van der Waals surface area (Å²) in [6.07, 6.45) is 6.79. The van der Waals surface area contributed by atoms with Gasteiger partial charge in [-0.05, 0) is 31.3 Å². The largest absolute Gasteiger partial charge is 0.457 e. The molecule has 1 fully saturated rings. The molecule has 0 spiro atoms. The number of thiocarbonyl (C=S) groups is 1. The zero-order chi connectivity index (χ0) is 15.4. The van der Waals surface area contributed by atoms with E-state index < -0.39 is 0 Å². The minimum absolute atomic E-state index is 0.147. The van der Waals surface area contributed by atoms with E-state index in [4.69, 9.17) is 16.6 Å². The molecule has 1 aliphatic heterocycles. The number of carbonyl (C=O) groups is 1. The van der Waals surface area contributed by atoms with E-state index in [1.54, 1.807) is 30.4 Å². The number of nitrogens with zero attached hydrogens (tertiary/aromatic N) is 1. The van der Waals surface area contributed by atoms with Crippen LogP contribution >= 0.6 is 12.2 Å². The fraction of sp³-hybridized carbons (Fsp3) is 0.125. The van der Waals surface area contributed by atoms with Gasteiger partial charge in [0.15, 0.2) is 5.11 Å². The highest BCUT2D eigenvalue weighted by molar-refractivity contribution is 7.80. The van der Waals surface area contributed by atoms with Crippen molar-refractivity contribution in [1.29, 1.82) is 0 Å². The van der Waals surface area contributed by atoms with Crippen molar-refractivity contribution in [3.8, 4) is 0 Å². The number of hydrogen-bond donors (Lipinski definition) is 1. The lowest BCUT2D eigenvalue weighted by molar-refractivity contribution is -0.122. The van der Waals surface area contributed by atoms with E-state index in [0.29, 0.717) is 28.9 Å². The SMILES string of the molecule is C=C/C=C(\C=C)c1ccc(/C=C2\NC(=S)N(CC)C2=O)o1. The van der Waals surface area contributed by atoms with Crippen molar-refractivity contribution in [3.63, 3.8) is 0 Å². The van der Waals surface area contributed by atoms with Gasteiger partial charge in [0.05, 0.1) is 0 Å². The molecule has 21 heavy (non-hydrogen) atoms. The molecule has 0 bridgehead atoms. The highest BCUT2D eigenvalue weighted by Crippen LogP contribution is 2.21. The van der Waals surface area contributed by atoms with E-state index in [2.05, 4.69) is 18.5 Å². The smallest absolute Gasteiger partial charge is 0.276 e. The van der Waals surface area contributed by atoms with Gasteiger partial charge in [0.1, 0.15) is 17.2 Å². The second-order valence-electron chi connectivity index (χ2n) is 4.30. The molecule has 108 valence electrons. The van der Waals surface area contributed by atoms with Gasteiger partial charge < -0.3 is 9.73 Å². The molecule has 2 heterocycles. The van der Waals surface area contributed by atoms with Crippen LogP contribution in [0.1, 0.15) is 18.4 Å². The lowest BCUT2D eigenvalue weighted by Crippen LogP contribution is -2.30. The molecule has 5 heteroatoms. The van der Waals surface area contributed by atoms with Gasteiger partial charge in [-0.15, -0.1) is 0 Å². The van der Waals surface area contributed by atoms with Gasteiger partial charge >= 0.3 is 0 Å². The van der Waals surface area contributed by atoms with E-state index in [1.807, 2.05) is 13.0 Å². The van der Waals surface area contributed by atoms with Gasteiger partial charge in [-0.1, -0.05) is 31.4 Å².